The van der Waals surface area contributed by atoms with Crippen LogP contribution in [0.2, 0.25) is 0 Å². The Kier molecular flexibility index (Phi) is 4.00. The molecule has 3 N–H and O–H groups in total. The lowest BCUT2D eigenvalue weighted by Gasteiger charge is -2.05. The zero-order valence-electron chi connectivity index (χ0n) is 12.6. The minimum atomic E-state index is -0.923. The quantitative estimate of drug-likeness (QED) is 0.441. The fraction of sp³-hybridized carbons (Fsp3) is 0. The summed E-state index contributed by atoms with van der Waals surface area (Å²) in [7, 11) is 0. The Hall–Kier alpha value is -3.95. The number of non-ortho nitro benzene ring substituents is 1. The second-order valence-corrected chi connectivity index (χ2v) is 5.04. The van der Waals surface area contributed by atoms with Crippen LogP contribution >= 0.6 is 0 Å². The average molecular weight is 341 g/mol. The van der Waals surface area contributed by atoms with Crippen LogP contribution < -0.4 is 16.0 Å². The molecule has 2 aromatic rings. The van der Waals surface area contributed by atoms with E-state index in [9.17, 15) is 25.0 Å². The lowest BCUT2D eigenvalue weighted by atomic mass is 10.2. The van der Waals surface area contributed by atoms with Gasteiger partial charge >= 0.3 is 11.6 Å². The van der Waals surface area contributed by atoms with Gasteiger partial charge in [-0.2, -0.15) is 0 Å². The van der Waals surface area contributed by atoms with Crippen LogP contribution in [0.15, 0.2) is 60.0 Å². The zero-order chi connectivity index (χ0) is 18.0. The first-order valence-electron chi connectivity index (χ1n) is 7.03. The van der Waals surface area contributed by atoms with E-state index in [1.165, 1.54) is 18.2 Å². The van der Waals surface area contributed by atoms with E-state index >= 15 is 0 Å². The molecule has 0 aliphatic carbocycles. The van der Waals surface area contributed by atoms with Crippen LogP contribution in [0.4, 0.5) is 22.7 Å². The number of hydrogen-bond donors (Lipinski definition) is 3. The van der Waals surface area contributed by atoms with Gasteiger partial charge in [0, 0.05) is 17.8 Å². The number of rotatable bonds is 4. The SMILES string of the molecule is O=C(Nc1ccccc1)C(=C1Nc2ccc([N+](=O)[O-])cc2N1)[N+](=O)[O-]. The number of nitrogens with zero attached hydrogens (tertiary/aromatic N) is 2. The fourth-order valence-electron chi connectivity index (χ4n) is 2.28. The van der Waals surface area contributed by atoms with Crippen molar-refractivity contribution in [3.05, 3.63) is 80.3 Å². The summed E-state index contributed by atoms with van der Waals surface area (Å²) in [6.07, 6.45) is 0. The van der Waals surface area contributed by atoms with Crippen molar-refractivity contribution in [2.24, 2.45) is 0 Å². The predicted octanol–water partition coefficient (Wildman–Crippen LogP) is 2.52. The van der Waals surface area contributed by atoms with E-state index < -0.39 is 21.5 Å². The summed E-state index contributed by atoms with van der Waals surface area (Å²) >= 11 is 0. The number of fused-ring (bicyclic) bond motifs is 1. The Morgan fingerprint density at radius 2 is 1.64 bits per heavy atom. The van der Waals surface area contributed by atoms with Gasteiger partial charge in [0.1, 0.15) is 0 Å². The van der Waals surface area contributed by atoms with Gasteiger partial charge in [0.05, 0.1) is 21.2 Å². The molecule has 0 radical (unpaired) electrons. The minimum absolute atomic E-state index is 0.158. The number of hydrogen-bond acceptors (Lipinski definition) is 7. The summed E-state index contributed by atoms with van der Waals surface area (Å²) < 4.78 is 0. The molecule has 3 rings (SSSR count). The summed E-state index contributed by atoms with van der Waals surface area (Å²) in [5.41, 5.74) is 0.163. The predicted molar refractivity (Wildman–Crippen MR) is 89.4 cm³/mol. The van der Waals surface area contributed by atoms with Gasteiger partial charge in [0.25, 0.3) is 5.69 Å². The van der Waals surface area contributed by atoms with Crippen molar-refractivity contribution in [3.63, 3.8) is 0 Å². The number of carbonyl (C=O) groups is 1. The molecule has 126 valence electrons. The summed E-state index contributed by atoms with van der Waals surface area (Å²) in [5, 5.41) is 29.9. The lowest BCUT2D eigenvalue weighted by molar-refractivity contribution is -0.419. The van der Waals surface area contributed by atoms with E-state index in [0.717, 1.165) is 0 Å². The van der Waals surface area contributed by atoms with Crippen LogP contribution in [0.3, 0.4) is 0 Å². The van der Waals surface area contributed by atoms with Crippen LogP contribution in [-0.4, -0.2) is 15.8 Å². The molecule has 10 heteroatoms. The molecule has 10 nitrogen and oxygen atoms in total. The maximum absolute atomic E-state index is 12.3. The largest absolute Gasteiger partial charge is 0.373 e. The summed E-state index contributed by atoms with van der Waals surface area (Å²) in [6, 6.07) is 12.2. The molecule has 1 aliphatic heterocycles. The van der Waals surface area contributed by atoms with Crippen molar-refractivity contribution in [2.45, 2.75) is 0 Å². The third-order valence-electron chi connectivity index (χ3n) is 3.40. The summed E-state index contributed by atoms with van der Waals surface area (Å²) in [5.74, 6) is -1.08. The Morgan fingerprint density at radius 3 is 2.28 bits per heavy atom. The van der Waals surface area contributed by atoms with E-state index in [2.05, 4.69) is 16.0 Å². The van der Waals surface area contributed by atoms with Crippen LogP contribution in [0.25, 0.3) is 0 Å². The van der Waals surface area contributed by atoms with Crippen molar-refractivity contribution in [3.8, 4) is 0 Å². The fourth-order valence-corrected chi connectivity index (χ4v) is 2.28. The number of nitro benzene ring substituents is 1. The highest BCUT2D eigenvalue weighted by molar-refractivity contribution is 6.03. The third kappa shape index (κ3) is 3.22. The van der Waals surface area contributed by atoms with E-state index in [1.54, 1.807) is 30.3 Å². The third-order valence-corrected chi connectivity index (χ3v) is 3.40. The smallest absolute Gasteiger partial charge is 0.334 e. The number of nitrogens with one attached hydrogen (secondary N) is 3. The van der Waals surface area contributed by atoms with Crippen molar-refractivity contribution in [2.75, 3.05) is 16.0 Å². The minimum Gasteiger partial charge on any atom is -0.334 e. The van der Waals surface area contributed by atoms with Crippen LogP contribution in [0.5, 0.6) is 0 Å². The molecule has 1 aliphatic rings. The van der Waals surface area contributed by atoms with Gasteiger partial charge in [-0.3, -0.25) is 25.0 Å². The van der Waals surface area contributed by atoms with E-state index in [0.29, 0.717) is 11.4 Å². The highest BCUT2D eigenvalue weighted by Crippen LogP contribution is 2.34. The van der Waals surface area contributed by atoms with E-state index in [1.807, 2.05) is 0 Å². The standard InChI is InChI=1S/C15H11N5O5/c21-15(16-9-4-2-1-3-5-9)13(20(24)25)14-17-11-7-6-10(19(22)23)8-12(11)18-14/h1-8,17-18H,(H,16,21). The van der Waals surface area contributed by atoms with E-state index in [-0.39, 0.29) is 17.2 Å². The zero-order valence-corrected chi connectivity index (χ0v) is 12.6. The normalized spacial score (nSPS) is 13.9. The molecule has 25 heavy (non-hydrogen) atoms. The second kappa shape index (κ2) is 6.28. The van der Waals surface area contributed by atoms with Gasteiger partial charge in [-0.05, 0) is 18.2 Å². The Bertz CT molecular complexity index is 910. The average Bonchev–Trinajstić information content (AvgIpc) is 2.97. The van der Waals surface area contributed by atoms with Gasteiger partial charge in [-0.25, -0.2) is 0 Å². The maximum Gasteiger partial charge on any atom is 0.373 e. The Morgan fingerprint density at radius 1 is 0.960 bits per heavy atom. The van der Waals surface area contributed by atoms with Crippen LogP contribution in [-0.2, 0) is 4.79 Å². The molecule has 0 fully saturated rings. The number of amides is 1. The van der Waals surface area contributed by atoms with Crippen molar-refractivity contribution >= 4 is 28.7 Å². The van der Waals surface area contributed by atoms with Gasteiger partial charge in [0.15, 0.2) is 5.82 Å². The van der Waals surface area contributed by atoms with E-state index in [4.69, 9.17) is 0 Å². The molecule has 0 unspecified atom stereocenters. The van der Waals surface area contributed by atoms with Crippen LogP contribution in [0.1, 0.15) is 0 Å². The highest BCUT2D eigenvalue weighted by atomic mass is 16.6. The number of carbonyl (C=O) groups excluding carboxylic acids is 1. The molecule has 0 aromatic heterocycles. The molecule has 1 amide bonds. The Balaban J connectivity index is 1.91. The summed E-state index contributed by atoms with van der Waals surface area (Å²) in [4.78, 5) is 33.0. The van der Waals surface area contributed by atoms with Crippen molar-refractivity contribution in [1.82, 2.24) is 0 Å². The van der Waals surface area contributed by atoms with Gasteiger partial charge in [-0.15, -0.1) is 0 Å². The lowest BCUT2D eigenvalue weighted by Crippen LogP contribution is -2.24. The molecule has 0 saturated heterocycles. The number of anilines is 3. The number of nitro groups is 2. The molecule has 2 aromatic carbocycles. The molecule has 0 spiro atoms. The summed E-state index contributed by atoms with van der Waals surface area (Å²) in [6.45, 7) is 0. The molecular formula is C15H11N5O5. The highest BCUT2D eigenvalue weighted by Gasteiger charge is 2.32. The van der Waals surface area contributed by atoms with Crippen molar-refractivity contribution < 1.29 is 14.6 Å². The molecule has 0 bridgehead atoms. The van der Waals surface area contributed by atoms with Gasteiger partial charge in [0.2, 0.25) is 0 Å². The molecule has 1 heterocycles. The monoisotopic (exact) mass is 341 g/mol. The Labute approximate surface area is 140 Å². The first-order chi connectivity index (χ1) is 12.0. The first-order valence-corrected chi connectivity index (χ1v) is 7.03. The molecule has 0 saturated carbocycles. The first kappa shape index (κ1) is 15.9. The number of para-hydroxylation sites is 1. The van der Waals surface area contributed by atoms with Crippen molar-refractivity contribution in [1.29, 1.82) is 0 Å². The maximum atomic E-state index is 12.3. The topological polar surface area (TPSA) is 139 Å². The van der Waals surface area contributed by atoms with Gasteiger partial charge in [-0.1, -0.05) is 18.2 Å². The second-order valence-electron chi connectivity index (χ2n) is 5.04. The number of benzene rings is 2. The molecular weight excluding hydrogens is 330 g/mol. The van der Waals surface area contributed by atoms with Crippen LogP contribution in [0, 0.1) is 20.2 Å². The van der Waals surface area contributed by atoms with Gasteiger partial charge < -0.3 is 16.0 Å². The molecule has 0 atom stereocenters.